The molecule has 0 aromatic heterocycles. The topological polar surface area (TPSA) is 21.3 Å². The van der Waals surface area contributed by atoms with Crippen LogP contribution in [-0.4, -0.2) is 0 Å². The predicted molar refractivity (Wildman–Crippen MR) is 65.5 cm³/mol. The van der Waals surface area contributed by atoms with Gasteiger partial charge in [0.15, 0.2) is 0 Å². The van der Waals surface area contributed by atoms with Gasteiger partial charge < -0.3 is 10.1 Å². The monoisotopic (exact) mass is 231 g/mol. The minimum Gasteiger partial charge on any atom is -0.487 e. The molecule has 0 radical (unpaired) electrons. The molecule has 16 heavy (non-hydrogen) atoms. The van der Waals surface area contributed by atoms with E-state index in [2.05, 4.69) is 11.4 Å². The molecular formula is C13H10ClNO. The van der Waals surface area contributed by atoms with E-state index < -0.39 is 0 Å². The van der Waals surface area contributed by atoms with Crippen LogP contribution in [0.25, 0.3) is 0 Å². The Morgan fingerprint density at radius 2 is 1.94 bits per heavy atom. The third-order valence-electron chi connectivity index (χ3n) is 2.61. The largest absolute Gasteiger partial charge is 0.487 e. The molecule has 2 nitrogen and oxygen atoms in total. The summed E-state index contributed by atoms with van der Waals surface area (Å²) in [5, 5.41) is 4.04. The number of nitrogens with one attached hydrogen (secondary N) is 1. The van der Waals surface area contributed by atoms with Gasteiger partial charge in [0.25, 0.3) is 0 Å². The standard InChI is InChI=1S/C13H10ClNO/c14-10-5-6-13-12(7-10)15-11-4-2-1-3-9(11)8-16-13/h1-7,15H,8H2. The van der Waals surface area contributed by atoms with Crippen molar-refractivity contribution in [1.82, 2.24) is 0 Å². The molecule has 0 fully saturated rings. The molecule has 0 atom stereocenters. The van der Waals surface area contributed by atoms with Gasteiger partial charge in [-0.2, -0.15) is 0 Å². The van der Waals surface area contributed by atoms with Gasteiger partial charge in [0.2, 0.25) is 0 Å². The fraction of sp³-hybridized carbons (Fsp3) is 0.0769. The second-order valence-electron chi connectivity index (χ2n) is 3.71. The average Bonchev–Trinajstić information content (AvgIpc) is 2.47. The highest BCUT2D eigenvalue weighted by Gasteiger charge is 2.12. The molecule has 0 unspecified atom stereocenters. The van der Waals surface area contributed by atoms with Crippen molar-refractivity contribution < 1.29 is 4.74 Å². The lowest BCUT2D eigenvalue weighted by atomic mass is 10.2. The molecule has 1 aliphatic rings. The van der Waals surface area contributed by atoms with Gasteiger partial charge >= 0.3 is 0 Å². The third-order valence-corrected chi connectivity index (χ3v) is 2.85. The number of hydrogen-bond acceptors (Lipinski definition) is 2. The minimum atomic E-state index is 0.581. The van der Waals surface area contributed by atoms with Gasteiger partial charge in [-0.25, -0.2) is 0 Å². The summed E-state index contributed by atoms with van der Waals surface area (Å²) in [6.07, 6.45) is 0. The lowest BCUT2D eigenvalue weighted by Gasteiger charge is -2.07. The van der Waals surface area contributed by atoms with Crippen LogP contribution in [0.3, 0.4) is 0 Å². The quantitative estimate of drug-likeness (QED) is 0.741. The fourth-order valence-corrected chi connectivity index (χ4v) is 1.97. The maximum Gasteiger partial charge on any atom is 0.143 e. The minimum absolute atomic E-state index is 0.581. The summed E-state index contributed by atoms with van der Waals surface area (Å²) in [5.74, 6) is 0.834. The van der Waals surface area contributed by atoms with Crippen molar-refractivity contribution in [3.63, 3.8) is 0 Å². The zero-order valence-electron chi connectivity index (χ0n) is 8.53. The van der Waals surface area contributed by atoms with Crippen LogP contribution in [0.2, 0.25) is 5.02 Å². The van der Waals surface area contributed by atoms with Crippen molar-refractivity contribution in [3.8, 4) is 5.75 Å². The number of hydrogen-bond donors (Lipinski definition) is 1. The average molecular weight is 232 g/mol. The Morgan fingerprint density at radius 3 is 2.88 bits per heavy atom. The molecule has 0 saturated carbocycles. The summed E-state index contributed by atoms with van der Waals surface area (Å²) in [5.41, 5.74) is 3.13. The lowest BCUT2D eigenvalue weighted by Crippen LogP contribution is -1.93. The van der Waals surface area contributed by atoms with Crippen LogP contribution in [0, 0.1) is 0 Å². The smallest absolute Gasteiger partial charge is 0.143 e. The Kier molecular flexibility index (Phi) is 2.22. The Hall–Kier alpha value is -1.67. The van der Waals surface area contributed by atoms with E-state index in [1.165, 1.54) is 0 Å². The van der Waals surface area contributed by atoms with Crippen LogP contribution in [-0.2, 0) is 6.61 Å². The first-order valence-corrected chi connectivity index (χ1v) is 5.48. The van der Waals surface area contributed by atoms with Gasteiger partial charge in [0, 0.05) is 16.3 Å². The van der Waals surface area contributed by atoms with Gasteiger partial charge in [0.1, 0.15) is 12.4 Å². The Labute approximate surface area is 98.8 Å². The number of ether oxygens (including phenoxy) is 1. The first-order chi connectivity index (χ1) is 7.83. The molecule has 1 heterocycles. The molecule has 1 aliphatic heterocycles. The molecule has 2 aromatic carbocycles. The van der Waals surface area contributed by atoms with E-state index in [1.807, 2.05) is 36.4 Å². The molecule has 0 amide bonds. The lowest BCUT2D eigenvalue weighted by molar-refractivity contribution is 0.311. The van der Waals surface area contributed by atoms with E-state index >= 15 is 0 Å². The van der Waals surface area contributed by atoms with Gasteiger partial charge in [-0.05, 0) is 24.3 Å². The first-order valence-electron chi connectivity index (χ1n) is 5.10. The van der Waals surface area contributed by atoms with Gasteiger partial charge in [-0.1, -0.05) is 29.8 Å². The summed E-state index contributed by atoms with van der Waals surface area (Å²) in [7, 11) is 0. The summed E-state index contributed by atoms with van der Waals surface area (Å²) in [4.78, 5) is 0. The van der Waals surface area contributed by atoms with Crippen LogP contribution in [0.1, 0.15) is 5.56 Å². The number of benzene rings is 2. The zero-order valence-corrected chi connectivity index (χ0v) is 9.29. The van der Waals surface area contributed by atoms with Crippen molar-refractivity contribution >= 4 is 23.0 Å². The summed E-state index contributed by atoms with van der Waals surface area (Å²) < 4.78 is 5.71. The van der Waals surface area contributed by atoms with Crippen LogP contribution in [0.4, 0.5) is 11.4 Å². The van der Waals surface area contributed by atoms with Crippen LogP contribution in [0.5, 0.6) is 5.75 Å². The van der Waals surface area contributed by atoms with E-state index in [0.29, 0.717) is 11.6 Å². The highest BCUT2D eigenvalue weighted by Crippen LogP contribution is 2.35. The second kappa shape index (κ2) is 3.72. The summed E-state index contributed by atoms with van der Waals surface area (Å²) in [6.45, 7) is 0.581. The first kappa shape index (κ1) is 9.55. The second-order valence-corrected chi connectivity index (χ2v) is 4.15. The number of fused-ring (bicyclic) bond motifs is 2. The normalized spacial score (nSPS) is 12.8. The number of para-hydroxylation sites is 1. The van der Waals surface area contributed by atoms with Crippen LogP contribution < -0.4 is 10.1 Å². The van der Waals surface area contributed by atoms with E-state index in [9.17, 15) is 0 Å². The van der Waals surface area contributed by atoms with E-state index in [0.717, 1.165) is 22.7 Å². The number of halogens is 1. The molecule has 2 aromatic rings. The highest BCUT2D eigenvalue weighted by atomic mass is 35.5. The SMILES string of the molecule is Clc1ccc2c(c1)Nc1ccccc1CO2. The number of anilines is 2. The van der Waals surface area contributed by atoms with E-state index in [4.69, 9.17) is 16.3 Å². The molecule has 3 heteroatoms. The van der Waals surface area contributed by atoms with Crippen molar-refractivity contribution in [2.24, 2.45) is 0 Å². The molecule has 1 N–H and O–H groups in total. The Bertz CT molecular complexity index is 539. The third kappa shape index (κ3) is 1.61. The van der Waals surface area contributed by atoms with Crippen molar-refractivity contribution in [3.05, 3.63) is 53.1 Å². The molecule has 0 spiro atoms. The van der Waals surface area contributed by atoms with E-state index in [-0.39, 0.29) is 0 Å². The van der Waals surface area contributed by atoms with Gasteiger partial charge in [0.05, 0.1) is 5.69 Å². The van der Waals surface area contributed by atoms with Gasteiger partial charge in [-0.3, -0.25) is 0 Å². The molecule has 0 bridgehead atoms. The van der Waals surface area contributed by atoms with Crippen molar-refractivity contribution in [1.29, 1.82) is 0 Å². The van der Waals surface area contributed by atoms with Gasteiger partial charge in [-0.15, -0.1) is 0 Å². The Balaban J connectivity index is 2.10. The van der Waals surface area contributed by atoms with Crippen molar-refractivity contribution in [2.75, 3.05) is 5.32 Å². The zero-order chi connectivity index (χ0) is 11.0. The predicted octanol–water partition coefficient (Wildman–Crippen LogP) is 3.98. The number of rotatable bonds is 0. The Morgan fingerprint density at radius 1 is 1.06 bits per heavy atom. The van der Waals surface area contributed by atoms with E-state index in [1.54, 1.807) is 0 Å². The summed E-state index contributed by atoms with van der Waals surface area (Å²) in [6, 6.07) is 13.7. The highest BCUT2D eigenvalue weighted by molar-refractivity contribution is 6.31. The molecule has 0 aliphatic carbocycles. The molecule has 0 saturated heterocycles. The van der Waals surface area contributed by atoms with Crippen LogP contribution >= 0.6 is 11.6 Å². The molecule has 80 valence electrons. The maximum atomic E-state index is 5.96. The fourth-order valence-electron chi connectivity index (χ4n) is 1.79. The molecule has 3 rings (SSSR count). The van der Waals surface area contributed by atoms with Crippen molar-refractivity contribution in [2.45, 2.75) is 6.61 Å². The van der Waals surface area contributed by atoms with Crippen LogP contribution in [0.15, 0.2) is 42.5 Å². The summed E-state index contributed by atoms with van der Waals surface area (Å²) >= 11 is 5.96. The maximum absolute atomic E-state index is 5.96. The molecular weight excluding hydrogens is 222 g/mol.